The number of benzene rings is 1. The maximum atomic E-state index is 13.5. The molecule has 126 valence electrons. The zero-order chi connectivity index (χ0) is 16.9. The minimum Gasteiger partial charge on any atom is -0.236 e. The van der Waals surface area contributed by atoms with E-state index in [-0.39, 0.29) is 5.02 Å². The predicted octanol–water partition coefficient (Wildman–Crippen LogP) is 5.86. The zero-order valence-corrected chi connectivity index (χ0v) is 14.5. The van der Waals surface area contributed by atoms with E-state index >= 15 is 0 Å². The molecule has 1 aliphatic rings. The molecule has 2 aromatic rings. The summed E-state index contributed by atoms with van der Waals surface area (Å²) in [6, 6.07) is 4.64. The molecule has 1 fully saturated rings. The fourth-order valence-corrected chi connectivity index (χ4v) is 3.47. The second-order valence-corrected chi connectivity index (χ2v) is 7.01. The number of allylic oxidation sites excluding steroid dienone is 1. The molecule has 0 aliphatic heterocycles. The summed E-state index contributed by atoms with van der Waals surface area (Å²) in [7, 11) is 0. The molecular formula is C20H22ClFN2. The first kappa shape index (κ1) is 17.1. The van der Waals surface area contributed by atoms with Gasteiger partial charge < -0.3 is 0 Å². The van der Waals surface area contributed by atoms with E-state index in [0.29, 0.717) is 17.3 Å². The van der Waals surface area contributed by atoms with Crippen LogP contribution in [0.4, 0.5) is 4.39 Å². The number of rotatable bonds is 5. The van der Waals surface area contributed by atoms with Gasteiger partial charge in [0.25, 0.3) is 0 Å². The smallest absolute Gasteiger partial charge is 0.159 e. The van der Waals surface area contributed by atoms with Crippen molar-refractivity contribution in [1.29, 1.82) is 0 Å². The van der Waals surface area contributed by atoms with Crippen LogP contribution >= 0.6 is 11.6 Å². The minimum absolute atomic E-state index is 0.113. The van der Waals surface area contributed by atoms with E-state index in [0.717, 1.165) is 17.9 Å². The van der Waals surface area contributed by atoms with E-state index in [2.05, 4.69) is 22.6 Å². The van der Waals surface area contributed by atoms with Crippen LogP contribution in [0.5, 0.6) is 0 Å². The van der Waals surface area contributed by atoms with Crippen LogP contribution in [-0.4, -0.2) is 9.97 Å². The summed E-state index contributed by atoms with van der Waals surface area (Å²) in [6.07, 6.45) is 13.1. The van der Waals surface area contributed by atoms with Crippen molar-refractivity contribution in [1.82, 2.24) is 9.97 Å². The zero-order valence-electron chi connectivity index (χ0n) is 13.7. The van der Waals surface area contributed by atoms with Crippen LogP contribution < -0.4 is 0 Å². The molecule has 1 saturated carbocycles. The quantitative estimate of drug-likeness (QED) is 0.635. The lowest BCUT2D eigenvalue weighted by atomic mass is 9.80. The molecule has 1 aromatic carbocycles. The molecule has 3 rings (SSSR count). The van der Waals surface area contributed by atoms with Crippen molar-refractivity contribution in [3.63, 3.8) is 0 Å². The van der Waals surface area contributed by atoms with E-state index in [4.69, 9.17) is 11.6 Å². The summed E-state index contributed by atoms with van der Waals surface area (Å²) in [4.78, 5) is 8.75. The van der Waals surface area contributed by atoms with Crippen LogP contribution in [0.25, 0.3) is 11.4 Å². The summed E-state index contributed by atoms with van der Waals surface area (Å²) >= 11 is 5.71. The van der Waals surface area contributed by atoms with Crippen molar-refractivity contribution in [3.05, 3.63) is 59.7 Å². The SMILES string of the molecule is C=CC1CCC(CCc2cnc(-c3ccc(Cl)c(F)c3)nc2)CC1. The Balaban J connectivity index is 1.57. The van der Waals surface area contributed by atoms with Crippen molar-refractivity contribution >= 4 is 11.6 Å². The standard InChI is InChI=1S/C20H22ClFN2/c1-2-14-3-5-15(6-4-14)7-8-16-12-23-20(24-13-16)17-9-10-18(21)19(22)11-17/h2,9-15H,1,3-8H2. The van der Waals surface area contributed by atoms with Crippen molar-refractivity contribution in [2.75, 3.05) is 0 Å². The molecule has 0 N–H and O–H groups in total. The number of aromatic nitrogens is 2. The van der Waals surface area contributed by atoms with Crippen LogP contribution in [0.2, 0.25) is 5.02 Å². The van der Waals surface area contributed by atoms with Gasteiger partial charge in [0.15, 0.2) is 5.82 Å². The van der Waals surface area contributed by atoms with Gasteiger partial charge in [-0.1, -0.05) is 17.7 Å². The van der Waals surface area contributed by atoms with Crippen LogP contribution in [-0.2, 0) is 6.42 Å². The lowest BCUT2D eigenvalue weighted by Gasteiger charge is -2.26. The Bertz CT molecular complexity index is 691. The average molecular weight is 345 g/mol. The predicted molar refractivity (Wildman–Crippen MR) is 96.4 cm³/mol. The first-order chi connectivity index (χ1) is 11.7. The molecule has 1 aromatic heterocycles. The number of hydrogen-bond acceptors (Lipinski definition) is 2. The van der Waals surface area contributed by atoms with E-state index in [1.54, 1.807) is 6.07 Å². The fourth-order valence-electron chi connectivity index (χ4n) is 3.35. The molecule has 0 amide bonds. The number of halogens is 2. The lowest BCUT2D eigenvalue weighted by Crippen LogP contribution is -2.13. The monoisotopic (exact) mass is 344 g/mol. The summed E-state index contributed by atoms with van der Waals surface area (Å²) in [5.74, 6) is 1.59. The third-order valence-electron chi connectivity index (χ3n) is 4.95. The molecule has 2 nitrogen and oxygen atoms in total. The van der Waals surface area contributed by atoms with Gasteiger partial charge in [-0.3, -0.25) is 0 Å². The molecule has 0 saturated heterocycles. The Morgan fingerprint density at radius 2 is 1.88 bits per heavy atom. The molecule has 1 heterocycles. The normalized spacial score (nSPS) is 20.8. The van der Waals surface area contributed by atoms with Crippen molar-refractivity contribution < 1.29 is 4.39 Å². The lowest BCUT2D eigenvalue weighted by molar-refractivity contribution is 0.296. The summed E-state index contributed by atoms with van der Waals surface area (Å²) < 4.78 is 13.5. The van der Waals surface area contributed by atoms with Gasteiger partial charge in [0, 0.05) is 18.0 Å². The van der Waals surface area contributed by atoms with Crippen LogP contribution in [0.3, 0.4) is 0 Å². The van der Waals surface area contributed by atoms with Crippen LogP contribution in [0, 0.1) is 17.7 Å². The molecule has 1 aliphatic carbocycles. The molecular weight excluding hydrogens is 323 g/mol. The maximum absolute atomic E-state index is 13.5. The highest BCUT2D eigenvalue weighted by molar-refractivity contribution is 6.30. The number of aryl methyl sites for hydroxylation is 1. The van der Waals surface area contributed by atoms with Gasteiger partial charge in [-0.15, -0.1) is 6.58 Å². The topological polar surface area (TPSA) is 25.8 Å². The van der Waals surface area contributed by atoms with Gasteiger partial charge in [0.2, 0.25) is 0 Å². The number of hydrogen-bond donors (Lipinski definition) is 0. The van der Waals surface area contributed by atoms with Gasteiger partial charge in [0.1, 0.15) is 5.82 Å². The van der Waals surface area contributed by atoms with Crippen molar-refractivity contribution in [3.8, 4) is 11.4 Å². The summed E-state index contributed by atoms with van der Waals surface area (Å²) in [5, 5.41) is 0.113. The summed E-state index contributed by atoms with van der Waals surface area (Å²) in [5.41, 5.74) is 1.78. The highest BCUT2D eigenvalue weighted by Gasteiger charge is 2.19. The summed E-state index contributed by atoms with van der Waals surface area (Å²) in [6.45, 7) is 3.90. The Morgan fingerprint density at radius 3 is 2.50 bits per heavy atom. The van der Waals surface area contributed by atoms with Crippen LogP contribution in [0.1, 0.15) is 37.7 Å². The van der Waals surface area contributed by atoms with E-state index in [1.165, 1.54) is 44.2 Å². The molecule has 4 heteroatoms. The largest absolute Gasteiger partial charge is 0.236 e. The van der Waals surface area contributed by atoms with Gasteiger partial charge in [-0.25, -0.2) is 14.4 Å². The molecule has 0 atom stereocenters. The van der Waals surface area contributed by atoms with Gasteiger partial charge in [-0.05, 0) is 74.1 Å². The maximum Gasteiger partial charge on any atom is 0.159 e. The Labute approximate surface area is 147 Å². The molecule has 0 radical (unpaired) electrons. The van der Waals surface area contributed by atoms with Crippen molar-refractivity contribution in [2.45, 2.75) is 38.5 Å². The van der Waals surface area contributed by atoms with Gasteiger partial charge in [-0.2, -0.15) is 0 Å². The first-order valence-electron chi connectivity index (χ1n) is 8.54. The molecule has 0 spiro atoms. The second kappa shape index (κ2) is 7.89. The van der Waals surface area contributed by atoms with E-state index in [1.807, 2.05) is 12.4 Å². The Morgan fingerprint density at radius 1 is 1.17 bits per heavy atom. The highest BCUT2D eigenvalue weighted by Crippen LogP contribution is 2.32. The highest BCUT2D eigenvalue weighted by atomic mass is 35.5. The number of nitrogens with zero attached hydrogens (tertiary/aromatic N) is 2. The molecule has 24 heavy (non-hydrogen) atoms. The molecule has 0 unspecified atom stereocenters. The third-order valence-corrected chi connectivity index (χ3v) is 5.26. The van der Waals surface area contributed by atoms with Crippen molar-refractivity contribution in [2.24, 2.45) is 11.8 Å². The second-order valence-electron chi connectivity index (χ2n) is 6.60. The Kier molecular flexibility index (Phi) is 5.62. The van der Waals surface area contributed by atoms with Gasteiger partial charge >= 0.3 is 0 Å². The fraction of sp³-hybridized carbons (Fsp3) is 0.400. The molecule has 0 bridgehead atoms. The minimum atomic E-state index is -0.447. The Hall–Kier alpha value is -1.74. The first-order valence-corrected chi connectivity index (χ1v) is 8.92. The van der Waals surface area contributed by atoms with Crippen LogP contribution in [0.15, 0.2) is 43.2 Å². The van der Waals surface area contributed by atoms with E-state index in [9.17, 15) is 4.39 Å². The van der Waals surface area contributed by atoms with E-state index < -0.39 is 5.82 Å². The average Bonchev–Trinajstić information content (AvgIpc) is 2.63. The third kappa shape index (κ3) is 4.21. The van der Waals surface area contributed by atoms with Gasteiger partial charge in [0.05, 0.1) is 5.02 Å².